The van der Waals surface area contributed by atoms with Crippen LogP contribution in [0, 0.1) is 0 Å². The van der Waals surface area contributed by atoms with Gasteiger partial charge in [0.1, 0.15) is 5.75 Å². The molecule has 1 saturated heterocycles. The molecule has 5 nitrogen and oxygen atoms in total. The molecule has 2 rings (SSSR count). The number of rotatable bonds is 12. The average Bonchev–Trinajstić information content (AvgIpc) is 2.66. The Kier molecular flexibility index (Phi) is 9.32. The van der Waals surface area contributed by atoms with Crippen LogP contribution in [0.15, 0.2) is 24.3 Å². The van der Waals surface area contributed by atoms with Crippen molar-refractivity contribution in [2.75, 3.05) is 44.2 Å². The topological polar surface area (TPSA) is 53.0 Å². The lowest BCUT2D eigenvalue weighted by molar-refractivity contribution is -0.137. The fourth-order valence-electron chi connectivity index (χ4n) is 3.31. The van der Waals surface area contributed by atoms with Crippen LogP contribution >= 0.6 is 0 Å². The number of benzene rings is 1. The molecule has 146 valence electrons. The van der Waals surface area contributed by atoms with Crippen molar-refractivity contribution in [3.05, 3.63) is 24.3 Å². The van der Waals surface area contributed by atoms with Crippen molar-refractivity contribution < 1.29 is 14.6 Å². The zero-order valence-corrected chi connectivity index (χ0v) is 16.2. The van der Waals surface area contributed by atoms with Crippen LogP contribution < -0.4 is 9.64 Å². The molecule has 0 saturated carbocycles. The summed E-state index contributed by atoms with van der Waals surface area (Å²) in [5.74, 6) is 0.228. The minimum Gasteiger partial charge on any atom is -0.494 e. The van der Waals surface area contributed by atoms with Gasteiger partial charge < -0.3 is 14.7 Å². The quantitative estimate of drug-likeness (QED) is 0.569. The molecule has 5 heteroatoms. The highest BCUT2D eigenvalue weighted by Gasteiger charge is 2.17. The van der Waals surface area contributed by atoms with Crippen molar-refractivity contribution in [3.63, 3.8) is 0 Å². The third-order valence-electron chi connectivity index (χ3n) is 4.98. The van der Waals surface area contributed by atoms with E-state index in [2.05, 4.69) is 41.0 Å². The van der Waals surface area contributed by atoms with Crippen molar-refractivity contribution in [1.29, 1.82) is 0 Å². The molecular weight excluding hydrogens is 328 g/mol. The van der Waals surface area contributed by atoms with Crippen molar-refractivity contribution in [1.82, 2.24) is 4.90 Å². The number of unbranched alkanes of at least 4 members (excludes halogenated alkanes) is 5. The molecule has 0 spiro atoms. The van der Waals surface area contributed by atoms with Crippen LogP contribution in [-0.2, 0) is 4.79 Å². The van der Waals surface area contributed by atoms with Crippen LogP contribution in [0.25, 0.3) is 0 Å². The molecule has 26 heavy (non-hydrogen) atoms. The first-order chi connectivity index (χ1) is 12.7. The smallest absolute Gasteiger partial charge is 0.304 e. The maximum Gasteiger partial charge on any atom is 0.304 e. The van der Waals surface area contributed by atoms with Gasteiger partial charge in [-0.25, -0.2) is 0 Å². The summed E-state index contributed by atoms with van der Waals surface area (Å²) in [6.45, 7) is 7.41. The molecule has 1 aromatic rings. The van der Waals surface area contributed by atoms with E-state index >= 15 is 0 Å². The highest BCUT2D eigenvalue weighted by Crippen LogP contribution is 2.21. The lowest BCUT2D eigenvalue weighted by atomic mass is 10.1. The number of ether oxygens (including phenoxy) is 1. The van der Waals surface area contributed by atoms with Crippen LogP contribution in [0.5, 0.6) is 5.75 Å². The molecule has 0 atom stereocenters. The van der Waals surface area contributed by atoms with Crippen LogP contribution in [0.2, 0.25) is 0 Å². The van der Waals surface area contributed by atoms with Gasteiger partial charge in [-0.15, -0.1) is 0 Å². The number of nitrogens with zero attached hydrogens (tertiary/aromatic N) is 2. The van der Waals surface area contributed by atoms with Gasteiger partial charge in [-0.1, -0.05) is 39.0 Å². The fourth-order valence-corrected chi connectivity index (χ4v) is 3.31. The molecule has 0 radical (unpaired) electrons. The number of aliphatic carboxylic acids is 1. The molecule has 0 aromatic heterocycles. The van der Waals surface area contributed by atoms with Gasteiger partial charge in [0, 0.05) is 38.4 Å². The number of anilines is 1. The maximum atomic E-state index is 10.7. The standard InChI is InChI=1S/C21H34N2O3/c1-2-3-4-5-6-7-18-26-20-10-8-19(9-11-20)23-16-14-22(15-17-23)13-12-21(24)25/h8-11H,2-7,12-18H2,1H3,(H,24,25). The molecular formula is C21H34N2O3. The minimum absolute atomic E-state index is 0.227. The molecule has 0 unspecified atom stereocenters. The third-order valence-corrected chi connectivity index (χ3v) is 4.98. The van der Waals surface area contributed by atoms with E-state index < -0.39 is 5.97 Å². The van der Waals surface area contributed by atoms with E-state index in [1.807, 2.05) is 0 Å². The molecule has 1 aliphatic rings. The van der Waals surface area contributed by atoms with E-state index in [9.17, 15) is 4.79 Å². The Labute approximate surface area is 157 Å². The Morgan fingerprint density at radius 3 is 2.31 bits per heavy atom. The highest BCUT2D eigenvalue weighted by molar-refractivity contribution is 5.66. The summed E-state index contributed by atoms with van der Waals surface area (Å²) < 4.78 is 5.84. The first-order valence-corrected chi connectivity index (χ1v) is 10.1. The molecule has 1 aliphatic heterocycles. The maximum absolute atomic E-state index is 10.7. The lowest BCUT2D eigenvalue weighted by Crippen LogP contribution is -2.46. The number of piperazine rings is 1. The lowest BCUT2D eigenvalue weighted by Gasteiger charge is -2.35. The van der Waals surface area contributed by atoms with Gasteiger partial charge in [0.15, 0.2) is 0 Å². The van der Waals surface area contributed by atoms with E-state index in [4.69, 9.17) is 9.84 Å². The second-order valence-corrected chi connectivity index (χ2v) is 7.08. The number of hydrogen-bond acceptors (Lipinski definition) is 4. The third kappa shape index (κ3) is 7.65. The zero-order valence-electron chi connectivity index (χ0n) is 16.2. The van der Waals surface area contributed by atoms with E-state index in [-0.39, 0.29) is 6.42 Å². The van der Waals surface area contributed by atoms with Gasteiger partial charge in [-0.05, 0) is 30.7 Å². The Morgan fingerprint density at radius 1 is 1.00 bits per heavy atom. The summed E-state index contributed by atoms with van der Waals surface area (Å²) >= 11 is 0. The second-order valence-electron chi connectivity index (χ2n) is 7.08. The summed E-state index contributed by atoms with van der Waals surface area (Å²) in [7, 11) is 0. The number of carboxylic acid groups (broad SMARTS) is 1. The van der Waals surface area contributed by atoms with E-state index in [0.717, 1.165) is 45.0 Å². The summed E-state index contributed by atoms with van der Waals surface area (Å²) in [5, 5.41) is 8.78. The Morgan fingerprint density at radius 2 is 1.65 bits per heavy atom. The van der Waals surface area contributed by atoms with Gasteiger partial charge in [0.25, 0.3) is 0 Å². The van der Waals surface area contributed by atoms with E-state index in [0.29, 0.717) is 6.54 Å². The van der Waals surface area contributed by atoms with Gasteiger partial charge in [-0.2, -0.15) is 0 Å². The normalized spacial score (nSPS) is 15.2. The van der Waals surface area contributed by atoms with Gasteiger partial charge >= 0.3 is 5.97 Å². The van der Waals surface area contributed by atoms with Crippen molar-refractivity contribution >= 4 is 11.7 Å². The molecule has 1 heterocycles. The molecule has 0 aliphatic carbocycles. The Hall–Kier alpha value is -1.75. The summed E-state index contributed by atoms with van der Waals surface area (Å²) in [6.07, 6.45) is 7.90. The highest BCUT2D eigenvalue weighted by atomic mass is 16.5. The number of carbonyl (C=O) groups is 1. The Bertz CT molecular complexity index is 510. The Balaban J connectivity index is 1.64. The van der Waals surface area contributed by atoms with Gasteiger partial charge in [0.2, 0.25) is 0 Å². The largest absolute Gasteiger partial charge is 0.494 e. The average molecular weight is 363 g/mol. The summed E-state index contributed by atoms with van der Waals surface area (Å²) in [4.78, 5) is 15.2. The summed E-state index contributed by atoms with van der Waals surface area (Å²) in [6, 6.07) is 8.37. The summed E-state index contributed by atoms with van der Waals surface area (Å²) in [5.41, 5.74) is 1.22. The van der Waals surface area contributed by atoms with Crippen molar-refractivity contribution in [3.8, 4) is 5.75 Å². The van der Waals surface area contributed by atoms with Gasteiger partial charge in [-0.3, -0.25) is 9.69 Å². The van der Waals surface area contributed by atoms with E-state index in [1.165, 1.54) is 37.8 Å². The van der Waals surface area contributed by atoms with Crippen molar-refractivity contribution in [2.45, 2.75) is 51.9 Å². The van der Waals surface area contributed by atoms with Crippen LogP contribution in [-0.4, -0.2) is 55.3 Å². The first kappa shape index (κ1) is 20.6. The zero-order chi connectivity index (χ0) is 18.6. The van der Waals surface area contributed by atoms with Crippen LogP contribution in [0.4, 0.5) is 5.69 Å². The van der Waals surface area contributed by atoms with Crippen molar-refractivity contribution in [2.24, 2.45) is 0 Å². The number of hydrogen-bond donors (Lipinski definition) is 1. The second kappa shape index (κ2) is 11.8. The fraction of sp³-hybridized carbons (Fsp3) is 0.667. The van der Waals surface area contributed by atoms with E-state index in [1.54, 1.807) is 0 Å². The predicted octanol–water partition coefficient (Wildman–Crippen LogP) is 4.02. The van der Waals surface area contributed by atoms with Crippen LogP contribution in [0.3, 0.4) is 0 Å². The first-order valence-electron chi connectivity index (χ1n) is 10.1. The van der Waals surface area contributed by atoms with Crippen LogP contribution in [0.1, 0.15) is 51.9 Å². The predicted molar refractivity (Wildman–Crippen MR) is 106 cm³/mol. The molecule has 1 fully saturated rings. The molecule has 0 amide bonds. The molecule has 0 bridgehead atoms. The number of carboxylic acids is 1. The van der Waals surface area contributed by atoms with Gasteiger partial charge in [0.05, 0.1) is 13.0 Å². The monoisotopic (exact) mass is 362 g/mol. The molecule has 1 aromatic carbocycles. The minimum atomic E-state index is -0.719. The SMILES string of the molecule is CCCCCCCCOc1ccc(N2CCN(CCC(=O)O)CC2)cc1. The molecule has 1 N–H and O–H groups in total.